The molecule has 0 bridgehead atoms. The van der Waals surface area contributed by atoms with Crippen molar-refractivity contribution in [2.24, 2.45) is 0 Å². The first-order valence-electron chi connectivity index (χ1n) is 3.55. The van der Waals surface area contributed by atoms with Crippen molar-refractivity contribution in [1.82, 2.24) is 4.57 Å². The molecule has 0 fully saturated rings. The number of rotatable bonds is 2. The van der Waals surface area contributed by atoms with Crippen molar-refractivity contribution in [2.75, 3.05) is 0 Å². The molecule has 0 saturated carbocycles. The van der Waals surface area contributed by atoms with Gasteiger partial charge in [-0.3, -0.25) is 0 Å². The summed E-state index contributed by atoms with van der Waals surface area (Å²) in [5.74, 6) is 0. The van der Waals surface area contributed by atoms with Crippen molar-refractivity contribution in [1.29, 1.82) is 0 Å². The molecule has 0 N–H and O–H groups in total. The van der Waals surface area contributed by atoms with Crippen LogP contribution >= 0.6 is 0 Å². The van der Waals surface area contributed by atoms with Crippen LogP contribution < -0.4 is 0 Å². The maximum Gasteiger partial charge on any atom is 0.0403 e. The van der Waals surface area contributed by atoms with Gasteiger partial charge < -0.3 is 4.57 Å². The van der Waals surface area contributed by atoms with Gasteiger partial charge in [0.2, 0.25) is 0 Å². The lowest BCUT2D eigenvalue weighted by molar-refractivity contribution is 0.599. The third-order valence-electron chi connectivity index (χ3n) is 1.58. The summed E-state index contributed by atoms with van der Waals surface area (Å²) in [6, 6.07) is 4.63. The second-order valence-electron chi connectivity index (χ2n) is 2.64. The fourth-order valence-electron chi connectivity index (χ4n) is 1.05. The van der Waals surface area contributed by atoms with Gasteiger partial charge in [-0.1, -0.05) is 6.58 Å². The van der Waals surface area contributed by atoms with Gasteiger partial charge in [0, 0.05) is 17.9 Å². The Morgan fingerprint density at radius 3 is 2.70 bits per heavy atom. The molecule has 0 saturated heterocycles. The number of hydrogen-bond donors (Lipinski definition) is 0. The van der Waals surface area contributed by atoms with E-state index in [-0.39, 0.29) is 0 Å². The Morgan fingerprint density at radius 1 is 1.60 bits per heavy atom. The minimum atomic E-state index is 0.531. The van der Waals surface area contributed by atoms with Crippen molar-refractivity contribution in [3.05, 3.63) is 30.6 Å². The van der Waals surface area contributed by atoms with Gasteiger partial charge >= 0.3 is 0 Å². The second kappa shape index (κ2) is 2.74. The summed E-state index contributed by atoms with van der Waals surface area (Å²) < 4.78 is 2.19. The number of nitrogens with zero attached hydrogens (tertiary/aromatic N) is 1. The zero-order chi connectivity index (χ0) is 7.56. The summed E-state index contributed by atoms with van der Waals surface area (Å²) in [5.41, 5.74) is 1.19. The van der Waals surface area contributed by atoms with Crippen molar-refractivity contribution in [2.45, 2.75) is 19.9 Å². The van der Waals surface area contributed by atoms with Crippen molar-refractivity contribution >= 4 is 6.08 Å². The van der Waals surface area contributed by atoms with Crippen molar-refractivity contribution < 1.29 is 0 Å². The van der Waals surface area contributed by atoms with Gasteiger partial charge in [0.25, 0.3) is 0 Å². The smallest absolute Gasteiger partial charge is 0.0403 e. The van der Waals surface area contributed by atoms with Gasteiger partial charge in [0.1, 0.15) is 0 Å². The molecule has 1 heteroatoms. The average molecular weight is 135 g/mol. The summed E-state index contributed by atoms with van der Waals surface area (Å²) in [6.45, 7) is 8.04. The molecule has 0 aliphatic rings. The Bertz CT molecular complexity index is 220. The van der Waals surface area contributed by atoms with Gasteiger partial charge in [0.15, 0.2) is 0 Å². The van der Waals surface area contributed by atoms with E-state index in [1.165, 1.54) is 5.69 Å². The maximum atomic E-state index is 3.73. The molecule has 54 valence electrons. The maximum absolute atomic E-state index is 3.73. The van der Waals surface area contributed by atoms with Gasteiger partial charge in [0.05, 0.1) is 0 Å². The van der Waals surface area contributed by atoms with E-state index in [1.54, 1.807) is 0 Å². The monoisotopic (exact) mass is 135 g/mol. The van der Waals surface area contributed by atoms with Crippen LogP contribution in [0.1, 0.15) is 25.6 Å². The van der Waals surface area contributed by atoms with Crippen LogP contribution in [0, 0.1) is 0 Å². The van der Waals surface area contributed by atoms with Crippen molar-refractivity contribution in [3.63, 3.8) is 0 Å². The molecule has 1 heterocycles. The van der Waals surface area contributed by atoms with E-state index in [0.29, 0.717) is 6.04 Å². The van der Waals surface area contributed by atoms with E-state index in [4.69, 9.17) is 0 Å². The van der Waals surface area contributed by atoms with Crippen LogP contribution in [0.25, 0.3) is 6.08 Å². The predicted molar refractivity (Wildman–Crippen MR) is 44.9 cm³/mol. The molecule has 1 aromatic heterocycles. The largest absolute Gasteiger partial charge is 0.346 e. The van der Waals surface area contributed by atoms with Gasteiger partial charge in [-0.25, -0.2) is 0 Å². The first-order valence-corrected chi connectivity index (χ1v) is 3.55. The standard InChI is InChI=1S/C9H13N/c1-4-9-6-5-7-10(9)8(2)3/h4-8H,1H2,2-3H3. The molecule has 0 aliphatic heterocycles. The minimum absolute atomic E-state index is 0.531. The molecule has 0 aromatic carbocycles. The summed E-state index contributed by atoms with van der Waals surface area (Å²) in [6.07, 6.45) is 3.95. The first kappa shape index (κ1) is 7.13. The Labute approximate surface area is 62.0 Å². The fraction of sp³-hybridized carbons (Fsp3) is 0.333. The Balaban J connectivity index is 3.01. The van der Waals surface area contributed by atoms with Crippen LogP contribution in [0.2, 0.25) is 0 Å². The van der Waals surface area contributed by atoms with Crippen LogP contribution in [0.15, 0.2) is 24.9 Å². The molecule has 0 unspecified atom stereocenters. The molecule has 0 radical (unpaired) electrons. The Hall–Kier alpha value is -0.980. The van der Waals surface area contributed by atoms with Crippen LogP contribution in [0.5, 0.6) is 0 Å². The topological polar surface area (TPSA) is 4.93 Å². The van der Waals surface area contributed by atoms with Crippen LogP contribution in [-0.2, 0) is 0 Å². The Morgan fingerprint density at radius 2 is 2.30 bits per heavy atom. The number of aromatic nitrogens is 1. The lowest BCUT2D eigenvalue weighted by atomic mass is 10.3. The second-order valence-corrected chi connectivity index (χ2v) is 2.64. The third-order valence-corrected chi connectivity index (χ3v) is 1.58. The summed E-state index contributed by atoms with van der Waals surface area (Å²) in [5, 5.41) is 0. The van der Waals surface area contributed by atoms with Gasteiger partial charge in [-0.2, -0.15) is 0 Å². The molecular weight excluding hydrogens is 122 g/mol. The highest BCUT2D eigenvalue weighted by Gasteiger charge is 1.98. The van der Waals surface area contributed by atoms with E-state index >= 15 is 0 Å². The molecular formula is C9H13N. The normalized spacial score (nSPS) is 10.3. The minimum Gasteiger partial charge on any atom is -0.346 e. The number of hydrogen-bond acceptors (Lipinski definition) is 0. The fourth-order valence-corrected chi connectivity index (χ4v) is 1.05. The summed E-state index contributed by atoms with van der Waals surface area (Å²) >= 11 is 0. The lowest BCUT2D eigenvalue weighted by Crippen LogP contribution is -1.99. The Kier molecular flexibility index (Phi) is 1.95. The van der Waals surface area contributed by atoms with E-state index in [1.807, 2.05) is 12.1 Å². The molecule has 10 heavy (non-hydrogen) atoms. The zero-order valence-electron chi connectivity index (χ0n) is 6.54. The predicted octanol–water partition coefficient (Wildman–Crippen LogP) is 2.71. The zero-order valence-corrected chi connectivity index (χ0v) is 6.54. The third kappa shape index (κ3) is 1.13. The van der Waals surface area contributed by atoms with Crippen LogP contribution in [-0.4, -0.2) is 4.57 Å². The highest BCUT2D eigenvalue weighted by Crippen LogP contribution is 2.10. The SMILES string of the molecule is C=Cc1cccn1C(C)C. The van der Waals surface area contributed by atoms with Gasteiger partial charge in [-0.05, 0) is 32.1 Å². The summed E-state index contributed by atoms with van der Waals surface area (Å²) in [7, 11) is 0. The van der Waals surface area contributed by atoms with E-state index in [9.17, 15) is 0 Å². The van der Waals surface area contributed by atoms with E-state index in [0.717, 1.165) is 0 Å². The molecule has 1 aromatic rings. The quantitative estimate of drug-likeness (QED) is 0.587. The lowest BCUT2D eigenvalue weighted by Gasteiger charge is -2.09. The molecule has 0 spiro atoms. The van der Waals surface area contributed by atoms with E-state index < -0.39 is 0 Å². The van der Waals surface area contributed by atoms with E-state index in [2.05, 4.69) is 37.3 Å². The van der Waals surface area contributed by atoms with Crippen molar-refractivity contribution in [3.8, 4) is 0 Å². The molecule has 0 atom stereocenters. The highest BCUT2D eigenvalue weighted by molar-refractivity contribution is 5.42. The highest BCUT2D eigenvalue weighted by atomic mass is 15.0. The first-order chi connectivity index (χ1) is 4.75. The molecule has 0 amide bonds. The average Bonchev–Trinajstić information content (AvgIpc) is 2.33. The molecule has 1 nitrogen and oxygen atoms in total. The molecule has 1 rings (SSSR count). The van der Waals surface area contributed by atoms with Crippen LogP contribution in [0.4, 0.5) is 0 Å². The van der Waals surface area contributed by atoms with Gasteiger partial charge in [-0.15, -0.1) is 0 Å². The molecule has 0 aliphatic carbocycles. The summed E-state index contributed by atoms with van der Waals surface area (Å²) in [4.78, 5) is 0. The van der Waals surface area contributed by atoms with Crippen LogP contribution in [0.3, 0.4) is 0 Å².